The van der Waals surface area contributed by atoms with E-state index in [1.165, 1.54) is 41.5 Å². The normalized spacial score (nSPS) is 19.0. The maximum absolute atomic E-state index is 10.8. The molecule has 2 aliphatic rings. The fourth-order valence-corrected chi connectivity index (χ4v) is 4.17. The molecule has 1 unspecified atom stereocenters. The summed E-state index contributed by atoms with van der Waals surface area (Å²) < 4.78 is 0. The number of allylic oxidation sites excluding steroid dienone is 1. The molecule has 3 heteroatoms. The van der Waals surface area contributed by atoms with Crippen LogP contribution in [0, 0.1) is 5.92 Å². The number of aryl methyl sites for hydroxylation is 1. The first-order valence-electron chi connectivity index (χ1n) is 11.1. The largest absolute Gasteiger partial charge is 0.387 e. The van der Waals surface area contributed by atoms with E-state index in [1.807, 2.05) is 0 Å². The second-order valence-electron chi connectivity index (χ2n) is 8.83. The van der Waals surface area contributed by atoms with E-state index in [-0.39, 0.29) is 6.10 Å². The summed E-state index contributed by atoms with van der Waals surface area (Å²) in [6, 6.07) is 15.5. The molecule has 0 bridgehead atoms. The number of aliphatic hydroxyl groups excluding tert-OH is 1. The predicted octanol–water partition coefficient (Wildman–Crippen LogP) is 5.09. The Morgan fingerprint density at radius 2 is 1.83 bits per heavy atom. The van der Waals surface area contributed by atoms with Gasteiger partial charge < -0.3 is 10.4 Å². The second kappa shape index (κ2) is 9.15. The topological polar surface area (TPSA) is 35.5 Å². The Morgan fingerprint density at radius 1 is 1.10 bits per heavy atom. The Morgan fingerprint density at radius 3 is 2.55 bits per heavy atom. The Labute approximate surface area is 175 Å². The van der Waals surface area contributed by atoms with E-state index in [2.05, 4.69) is 66.2 Å². The molecule has 2 aromatic carbocycles. The minimum absolute atomic E-state index is 0.386. The highest BCUT2D eigenvalue weighted by Crippen LogP contribution is 2.34. The number of nitrogens with zero attached hydrogens (tertiary/aromatic N) is 1. The van der Waals surface area contributed by atoms with Crippen molar-refractivity contribution in [2.45, 2.75) is 64.8 Å². The molecular formula is C26H34N2O. The van der Waals surface area contributed by atoms with Gasteiger partial charge in [-0.1, -0.05) is 68.8 Å². The lowest BCUT2D eigenvalue weighted by Gasteiger charge is -2.32. The van der Waals surface area contributed by atoms with Crippen LogP contribution >= 0.6 is 0 Å². The van der Waals surface area contributed by atoms with Gasteiger partial charge in [-0.05, 0) is 53.0 Å². The van der Waals surface area contributed by atoms with Gasteiger partial charge in [0.05, 0.1) is 6.10 Å². The monoisotopic (exact) mass is 390 g/mol. The van der Waals surface area contributed by atoms with Gasteiger partial charge in [0.1, 0.15) is 0 Å². The van der Waals surface area contributed by atoms with Gasteiger partial charge in [-0.15, -0.1) is 0 Å². The molecule has 1 atom stereocenters. The lowest BCUT2D eigenvalue weighted by atomic mass is 9.93. The van der Waals surface area contributed by atoms with Gasteiger partial charge in [0.15, 0.2) is 0 Å². The minimum Gasteiger partial charge on any atom is -0.387 e. The van der Waals surface area contributed by atoms with Gasteiger partial charge in [0.25, 0.3) is 0 Å². The summed E-state index contributed by atoms with van der Waals surface area (Å²) in [6.45, 7) is 9.42. The van der Waals surface area contributed by atoms with Crippen LogP contribution in [-0.2, 0) is 26.1 Å². The standard InChI is InChI=1S/C26H34N2O/c1-3-19(2)27-15-22-8-10-23(11-9-22)16-28-17-24-13-12-21(7-6-20-4-5-20)14-25(24)26(29)18-28/h8-14,20,26-27,29H,2-7,15-18H2,1H3. The zero-order valence-electron chi connectivity index (χ0n) is 17.7. The highest BCUT2D eigenvalue weighted by atomic mass is 16.3. The molecule has 2 N–H and O–H groups in total. The maximum Gasteiger partial charge on any atom is 0.0920 e. The number of fused-ring (bicyclic) bond motifs is 1. The van der Waals surface area contributed by atoms with Crippen molar-refractivity contribution in [3.05, 3.63) is 82.6 Å². The smallest absolute Gasteiger partial charge is 0.0920 e. The van der Waals surface area contributed by atoms with Crippen LogP contribution in [0.4, 0.5) is 0 Å². The fraction of sp³-hybridized carbons (Fsp3) is 0.462. The SMILES string of the molecule is C=C(CC)NCc1ccc(CN2Cc3ccc(CCC4CC4)cc3C(O)C2)cc1. The van der Waals surface area contributed by atoms with Crippen molar-refractivity contribution in [2.75, 3.05) is 6.54 Å². The molecule has 0 radical (unpaired) electrons. The third-order valence-electron chi connectivity index (χ3n) is 6.33. The number of aliphatic hydroxyl groups is 1. The van der Waals surface area contributed by atoms with Crippen LogP contribution in [0.3, 0.4) is 0 Å². The summed E-state index contributed by atoms with van der Waals surface area (Å²) in [5, 5.41) is 14.1. The molecule has 1 heterocycles. The lowest BCUT2D eigenvalue weighted by molar-refractivity contribution is 0.0881. The minimum atomic E-state index is -0.386. The van der Waals surface area contributed by atoms with Crippen molar-refractivity contribution in [1.82, 2.24) is 10.2 Å². The highest BCUT2D eigenvalue weighted by molar-refractivity contribution is 5.36. The van der Waals surface area contributed by atoms with E-state index < -0.39 is 0 Å². The Kier molecular flexibility index (Phi) is 6.37. The van der Waals surface area contributed by atoms with E-state index in [1.54, 1.807) is 0 Å². The fourth-order valence-electron chi connectivity index (χ4n) is 4.17. The molecule has 0 amide bonds. The zero-order chi connectivity index (χ0) is 20.2. The van der Waals surface area contributed by atoms with Crippen LogP contribution in [0.15, 0.2) is 54.7 Å². The molecule has 4 rings (SSSR count). The summed E-state index contributed by atoms with van der Waals surface area (Å²) >= 11 is 0. The van der Waals surface area contributed by atoms with Crippen LogP contribution in [0.2, 0.25) is 0 Å². The van der Waals surface area contributed by atoms with Crippen LogP contribution in [-0.4, -0.2) is 16.6 Å². The first kappa shape index (κ1) is 20.2. The molecule has 29 heavy (non-hydrogen) atoms. The molecule has 0 aromatic heterocycles. The van der Waals surface area contributed by atoms with Crippen molar-refractivity contribution in [1.29, 1.82) is 0 Å². The summed E-state index contributed by atoms with van der Waals surface area (Å²) in [4.78, 5) is 2.35. The molecule has 0 spiro atoms. The number of rotatable bonds is 9. The number of benzene rings is 2. The van der Waals surface area contributed by atoms with Gasteiger partial charge in [-0.3, -0.25) is 4.90 Å². The number of hydrogen-bond donors (Lipinski definition) is 2. The number of β-amino-alcohol motifs (C(OH)–C–C–N with tert-alkyl or cyclic N) is 1. The average Bonchev–Trinajstić information content (AvgIpc) is 3.56. The number of nitrogens with one attached hydrogen (secondary N) is 1. The van der Waals surface area contributed by atoms with E-state index in [9.17, 15) is 5.11 Å². The van der Waals surface area contributed by atoms with Gasteiger partial charge in [-0.25, -0.2) is 0 Å². The van der Waals surface area contributed by atoms with Gasteiger partial charge in [0, 0.05) is 31.9 Å². The molecule has 154 valence electrons. The molecule has 3 nitrogen and oxygen atoms in total. The predicted molar refractivity (Wildman–Crippen MR) is 119 cm³/mol. The molecule has 2 aromatic rings. The summed E-state index contributed by atoms with van der Waals surface area (Å²) in [7, 11) is 0. The Hall–Kier alpha value is -2.10. The third-order valence-corrected chi connectivity index (χ3v) is 6.33. The third kappa shape index (κ3) is 5.49. The first-order chi connectivity index (χ1) is 14.1. The summed E-state index contributed by atoms with van der Waals surface area (Å²) in [6.07, 6.45) is 5.85. The van der Waals surface area contributed by atoms with Crippen LogP contribution in [0.25, 0.3) is 0 Å². The van der Waals surface area contributed by atoms with Crippen molar-refractivity contribution in [2.24, 2.45) is 5.92 Å². The second-order valence-corrected chi connectivity index (χ2v) is 8.83. The highest BCUT2D eigenvalue weighted by Gasteiger charge is 2.25. The maximum atomic E-state index is 10.8. The lowest BCUT2D eigenvalue weighted by Crippen LogP contribution is -2.33. The van der Waals surface area contributed by atoms with Crippen molar-refractivity contribution in [3.63, 3.8) is 0 Å². The van der Waals surface area contributed by atoms with E-state index in [0.717, 1.165) is 49.7 Å². The Bertz CT molecular complexity index is 838. The van der Waals surface area contributed by atoms with E-state index >= 15 is 0 Å². The molecular weight excluding hydrogens is 356 g/mol. The zero-order valence-corrected chi connectivity index (χ0v) is 17.7. The average molecular weight is 391 g/mol. The molecule has 0 saturated heterocycles. The van der Waals surface area contributed by atoms with Gasteiger partial charge >= 0.3 is 0 Å². The van der Waals surface area contributed by atoms with E-state index in [0.29, 0.717) is 6.54 Å². The summed E-state index contributed by atoms with van der Waals surface area (Å²) in [5.74, 6) is 0.957. The van der Waals surface area contributed by atoms with Crippen molar-refractivity contribution in [3.8, 4) is 0 Å². The molecule has 1 aliphatic heterocycles. The molecule has 1 fully saturated rings. The van der Waals surface area contributed by atoms with Gasteiger partial charge in [-0.2, -0.15) is 0 Å². The van der Waals surface area contributed by atoms with Gasteiger partial charge in [0.2, 0.25) is 0 Å². The molecule has 1 saturated carbocycles. The van der Waals surface area contributed by atoms with E-state index in [4.69, 9.17) is 0 Å². The number of hydrogen-bond acceptors (Lipinski definition) is 3. The quantitative estimate of drug-likeness (QED) is 0.626. The first-order valence-corrected chi connectivity index (χ1v) is 11.1. The van der Waals surface area contributed by atoms with Crippen LogP contribution in [0.5, 0.6) is 0 Å². The summed E-state index contributed by atoms with van der Waals surface area (Å²) in [5.41, 5.74) is 7.44. The Balaban J connectivity index is 1.34. The molecule has 1 aliphatic carbocycles. The van der Waals surface area contributed by atoms with Crippen LogP contribution < -0.4 is 5.32 Å². The van der Waals surface area contributed by atoms with Crippen LogP contribution in [0.1, 0.15) is 66.5 Å². The van der Waals surface area contributed by atoms with Crippen molar-refractivity contribution >= 4 is 0 Å². The van der Waals surface area contributed by atoms with Crippen molar-refractivity contribution < 1.29 is 5.11 Å².